The lowest BCUT2D eigenvalue weighted by molar-refractivity contribution is 0.199. The first-order valence-electron chi connectivity index (χ1n) is 6.20. The summed E-state index contributed by atoms with van der Waals surface area (Å²) in [6.07, 6.45) is 3.74. The molecule has 19 heavy (non-hydrogen) atoms. The number of hydrogen-bond acceptors (Lipinski definition) is 3. The van der Waals surface area contributed by atoms with E-state index in [0.29, 0.717) is 0 Å². The Bertz CT molecular complexity index is 539. The number of aryl methyl sites for hydroxylation is 1. The summed E-state index contributed by atoms with van der Waals surface area (Å²) in [6.45, 7) is 4.58. The smallest absolute Gasteiger partial charge is 0.0648 e. The quantitative estimate of drug-likeness (QED) is 0.831. The van der Waals surface area contributed by atoms with Crippen LogP contribution in [0.4, 0.5) is 0 Å². The van der Waals surface area contributed by atoms with Gasteiger partial charge in [-0.3, -0.25) is 0 Å². The average Bonchev–Trinajstić information content (AvgIpc) is 2.83. The second kappa shape index (κ2) is 6.84. The van der Waals surface area contributed by atoms with E-state index in [9.17, 15) is 0 Å². The summed E-state index contributed by atoms with van der Waals surface area (Å²) in [5.74, 6) is 0. The van der Waals surface area contributed by atoms with Crippen LogP contribution in [0.15, 0.2) is 35.1 Å². The fourth-order valence-electron chi connectivity index (χ4n) is 1.86. The Morgan fingerprint density at radius 2 is 2.26 bits per heavy atom. The van der Waals surface area contributed by atoms with Crippen LogP contribution in [0.2, 0.25) is 0 Å². The Kier molecular flexibility index (Phi) is 5.13. The molecule has 0 radical (unpaired) electrons. The number of hydrogen-bond donors (Lipinski definition) is 1. The number of rotatable bonds is 6. The highest BCUT2D eigenvalue weighted by Gasteiger charge is 2.03. The molecule has 0 aliphatic heterocycles. The number of methoxy groups -OCH3 is 1. The molecule has 2 aromatic rings. The molecule has 0 saturated heterocycles. The van der Waals surface area contributed by atoms with E-state index in [4.69, 9.17) is 4.74 Å². The molecule has 0 aliphatic rings. The first kappa shape index (κ1) is 14.2. The predicted octanol–water partition coefficient (Wildman–Crippen LogP) is 2.68. The molecular formula is C14H18BrN3O. The third-order valence-corrected chi connectivity index (χ3v) is 3.35. The predicted molar refractivity (Wildman–Crippen MR) is 79.6 cm³/mol. The van der Waals surface area contributed by atoms with E-state index in [0.717, 1.165) is 29.9 Å². The van der Waals surface area contributed by atoms with Gasteiger partial charge in [-0.25, -0.2) is 4.68 Å². The number of aromatic nitrogens is 2. The van der Waals surface area contributed by atoms with Crippen molar-refractivity contribution in [2.75, 3.05) is 20.3 Å². The average molecular weight is 324 g/mol. The number of ether oxygens (including phenoxy) is 1. The molecule has 2 rings (SSSR count). The van der Waals surface area contributed by atoms with Crippen molar-refractivity contribution in [3.8, 4) is 5.69 Å². The van der Waals surface area contributed by atoms with Crippen molar-refractivity contribution in [3.05, 3.63) is 46.2 Å². The molecule has 0 spiro atoms. The van der Waals surface area contributed by atoms with Crippen LogP contribution < -0.4 is 5.32 Å². The Morgan fingerprint density at radius 3 is 2.89 bits per heavy atom. The van der Waals surface area contributed by atoms with Crippen molar-refractivity contribution in [3.63, 3.8) is 0 Å². The van der Waals surface area contributed by atoms with Crippen LogP contribution in [0.5, 0.6) is 0 Å². The summed E-state index contributed by atoms with van der Waals surface area (Å²) < 4.78 is 7.85. The molecule has 5 heteroatoms. The monoisotopic (exact) mass is 323 g/mol. The first-order chi connectivity index (χ1) is 9.20. The second-order valence-corrected chi connectivity index (χ2v) is 5.30. The molecule has 1 N–H and O–H groups in total. The first-order valence-corrected chi connectivity index (χ1v) is 6.99. The number of nitrogens with one attached hydrogen (secondary N) is 1. The van der Waals surface area contributed by atoms with Crippen LogP contribution in [-0.4, -0.2) is 30.0 Å². The van der Waals surface area contributed by atoms with Gasteiger partial charge in [0.05, 0.1) is 23.0 Å². The zero-order chi connectivity index (χ0) is 13.7. The zero-order valence-electron chi connectivity index (χ0n) is 11.2. The highest BCUT2D eigenvalue weighted by Crippen LogP contribution is 2.16. The van der Waals surface area contributed by atoms with Gasteiger partial charge in [0, 0.05) is 26.4 Å². The summed E-state index contributed by atoms with van der Waals surface area (Å²) >= 11 is 3.41. The zero-order valence-corrected chi connectivity index (χ0v) is 12.8. The van der Waals surface area contributed by atoms with Gasteiger partial charge in [-0.05, 0) is 46.1 Å². The van der Waals surface area contributed by atoms with E-state index in [1.54, 1.807) is 13.3 Å². The number of halogens is 1. The van der Waals surface area contributed by atoms with Gasteiger partial charge < -0.3 is 10.1 Å². The largest absolute Gasteiger partial charge is 0.383 e. The molecule has 1 heterocycles. The van der Waals surface area contributed by atoms with E-state index in [2.05, 4.69) is 51.5 Å². The molecule has 0 amide bonds. The van der Waals surface area contributed by atoms with Gasteiger partial charge in [0.15, 0.2) is 0 Å². The molecule has 0 unspecified atom stereocenters. The van der Waals surface area contributed by atoms with Crippen LogP contribution in [0.3, 0.4) is 0 Å². The molecule has 0 aliphatic carbocycles. The van der Waals surface area contributed by atoms with E-state index >= 15 is 0 Å². The normalized spacial score (nSPS) is 10.9. The van der Waals surface area contributed by atoms with E-state index < -0.39 is 0 Å². The maximum absolute atomic E-state index is 5.01. The van der Waals surface area contributed by atoms with Gasteiger partial charge in [-0.2, -0.15) is 5.10 Å². The van der Waals surface area contributed by atoms with Crippen molar-refractivity contribution in [2.24, 2.45) is 0 Å². The van der Waals surface area contributed by atoms with Gasteiger partial charge in [0.25, 0.3) is 0 Å². The van der Waals surface area contributed by atoms with Crippen molar-refractivity contribution in [2.45, 2.75) is 13.5 Å². The Morgan fingerprint density at radius 1 is 1.42 bits per heavy atom. The highest BCUT2D eigenvalue weighted by molar-refractivity contribution is 9.10. The fraction of sp³-hybridized carbons (Fsp3) is 0.357. The Labute approximate surface area is 121 Å². The molecule has 1 aromatic carbocycles. The molecule has 1 aromatic heterocycles. The molecule has 102 valence electrons. The van der Waals surface area contributed by atoms with Crippen LogP contribution in [0.25, 0.3) is 5.69 Å². The van der Waals surface area contributed by atoms with Crippen molar-refractivity contribution in [1.29, 1.82) is 0 Å². The number of nitrogens with zero attached hydrogens (tertiary/aromatic N) is 2. The lowest BCUT2D eigenvalue weighted by Gasteiger charge is -2.10. The summed E-state index contributed by atoms with van der Waals surface area (Å²) in [4.78, 5) is 0. The van der Waals surface area contributed by atoms with Crippen LogP contribution >= 0.6 is 15.9 Å². The lowest BCUT2D eigenvalue weighted by Crippen LogP contribution is -2.19. The second-order valence-electron chi connectivity index (χ2n) is 4.38. The minimum absolute atomic E-state index is 0.735. The summed E-state index contributed by atoms with van der Waals surface area (Å²) in [5, 5.41) is 7.63. The van der Waals surface area contributed by atoms with E-state index in [-0.39, 0.29) is 0 Å². The van der Waals surface area contributed by atoms with Gasteiger partial charge in [0.2, 0.25) is 0 Å². The van der Waals surface area contributed by atoms with E-state index in [1.807, 2.05) is 10.9 Å². The maximum atomic E-state index is 5.01. The Hall–Kier alpha value is -1.17. The molecule has 0 atom stereocenters. The summed E-state index contributed by atoms with van der Waals surface area (Å²) in [7, 11) is 1.71. The van der Waals surface area contributed by atoms with Crippen molar-refractivity contribution < 1.29 is 4.74 Å². The maximum Gasteiger partial charge on any atom is 0.0648 e. The van der Waals surface area contributed by atoms with Gasteiger partial charge in [0.1, 0.15) is 0 Å². The third-order valence-electron chi connectivity index (χ3n) is 2.94. The molecule has 4 nitrogen and oxygen atoms in total. The van der Waals surface area contributed by atoms with Crippen molar-refractivity contribution in [1.82, 2.24) is 15.1 Å². The molecule has 0 bridgehead atoms. The van der Waals surface area contributed by atoms with Gasteiger partial charge >= 0.3 is 0 Å². The van der Waals surface area contributed by atoms with Crippen LogP contribution in [0, 0.1) is 6.92 Å². The third kappa shape index (κ3) is 3.89. The number of benzene rings is 1. The van der Waals surface area contributed by atoms with Gasteiger partial charge in [-0.1, -0.05) is 6.07 Å². The topological polar surface area (TPSA) is 39.1 Å². The lowest BCUT2D eigenvalue weighted by atomic mass is 10.1. The molecule has 0 fully saturated rings. The fourth-order valence-corrected chi connectivity index (χ4v) is 2.15. The summed E-state index contributed by atoms with van der Waals surface area (Å²) in [6, 6.07) is 6.37. The van der Waals surface area contributed by atoms with E-state index in [1.165, 1.54) is 11.1 Å². The molecular weight excluding hydrogens is 306 g/mol. The minimum atomic E-state index is 0.735. The highest BCUT2D eigenvalue weighted by atomic mass is 79.9. The minimum Gasteiger partial charge on any atom is -0.383 e. The molecule has 0 saturated carbocycles. The SMILES string of the molecule is COCCNCc1ccc(-n2cc(Br)cn2)cc1C. The Balaban J connectivity index is 2.04. The standard InChI is InChI=1S/C14H18BrN3O/c1-11-7-14(18-10-13(15)9-17-18)4-3-12(11)8-16-5-6-19-2/h3-4,7,9-10,16H,5-6,8H2,1-2H3. The summed E-state index contributed by atoms with van der Waals surface area (Å²) in [5.41, 5.74) is 3.63. The van der Waals surface area contributed by atoms with Crippen LogP contribution in [-0.2, 0) is 11.3 Å². The van der Waals surface area contributed by atoms with Crippen LogP contribution in [0.1, 0.15) is 11.1 Å². The van der Waals surface area contributed by atoms with Crippen molar-refractivity contribution >= 4 is 15.9 Å². The van der Waals surface area contributed by atoms with Gasteiger partial charge in [-0.15, -0.1) is 0 Å².